The van der Waals surface area contributed by atoms with E-state index in [1.54, 1.807) is 44.1 Å². The smallest absolute Gasteiger partial charge is 0.321 e. The molecule has 0 saturated carbocycles. The number of carbonyl (C=O) groups is 1. The van der Waals surface area contributed by atoms with E-state index in [9.17, 15) is 119 Å². The molecule has 21 saturated heterocycles. The van der Waals surface area contributed by atoms with Crippen LogP contribution in [0, 0.1) is 6.92 Å². The molecule has 0 spiro atoms. The van der Waals surface area contributed by atoms with Crippen molar-refractivity contribution in [3.05, 3.63) is 66.2 Å². The number of sulfonamides is 1. The van der Waals surface area contributed by atoms with Gasteiger partial charge in [-0.05, 0) is 31.2 Å². The second-order valence-corrected chi connectivity index (χ2v) is 30.2. The zero-order chi connectivity index (χ0) is 77.6. The molecular weight excluding hydrogens is 1490 g/mol. The zero-order valence-corrected chi connectivity index (χ0v) is 58.6. The summed E-state index contributed by atoms with van der Waals surface area (Å²) >= 11 is 0. The molecule has 0 amide bonds. The standard InChI is InChI=1S/C63H90N2O40S2/c1-22-10-12-23(13-11-22)107(88,89)91-21-33-56-42(78)49(85)63(98-33)103-54-31(19-70)94-59(45(81)38(54)74)100-51-28(16-67)95-60(46(82)39(51)75)104-55-32(20-90-35(71)14-64-106(86,87)34-9-5-6-24-25(34)7-4-8-26(24)65(2)3)97-62(48(84)41(55)77)102-53-30(18-69)93-58(44(80)37(53)73)99-50-27(15-66)92-57(43(79)36(50)72)101-52-29(17-68)96-61(105-56)47(83)40(52)76/h4-13,27-33,36-64,66-70,72-85H,14-21H2,1-3H3/t27-,28-,29-,30-,31-,32-,33-,36-,37-,38-,39-,40-,41-,42-,43-,44-,45-,46-,47-,48-,49-,50-,51-,52-,53-,54-,55-,56-,57-,58-,59-,60-,61-,62-,63-/m1/s1. The summed E-state index contributed by atoms with van der Waals surface area (Å²) in [4.78, 5) is 14.7. The van der Waals surface area contributed by atoms with Crippen LogP contribution in [0.1, 0.15) is 5.56 Å². The summed E-state index contributed by atoms with van der Waals surface area (Å²) in [6.45, 7) is -7.49. The molecule has 14 bridgehead atoms. The molecule has 44 heteroatoms. The number of fused-ring (bicyclic) bond motifs is 1. The number of anilines is 1. The quantitative estimate of drug-likeness (QED) is 0.0468. The van der Waals surface area contributed by atoms with E-state index in [-0.39, 0.29) is 10.3 Å². The Bertz CT molecular complexity index is 3650. The van der Waals surface area contributed by atoms with Gasteiger partial charge in [-0.15, -0.1) is 0 Å². The largest absolute Gasteiger partial charge is 0.462 e. The van der Waals surface area contributed by atoms with E-state index in [0.29, 0.717) is 16.6 Å². The zero-order valence-electron chi connectivity index (χ0n) is 57.0. The van der Waals surface area contributed by atoms with Crippen LogP contribution in [0.5, 0.6) is 0 Å². The number of benzene rings is 3. The minimum atomic E-state index is -4.76. The normalized spacial score (nSPS) is 43.4. The Morgan fingerprint density at radius 3 is 0.991 bits per heavy atom. The molecule has 0 radical (unpaired) electrons. The van der Waals surface area contributed by atoms with Gasteiger partial charge in [-0.3, -0.25) is 8.98 Å². The van der Waals surface area contributed by atoms with Gasteiger partial charge < -0.3 is 173 Å². The van der Waals surface area contributed by atoms with E-state index in [2.05, 4.69) is 4.72 Å². The molecule has 42 nitrogen and oxygen atoms in total. The summed E-state index contributed by atoms with van der Waals surface area (Å²) in [6.07, 6.45) is -76.4. The second-order valence-electron chi connectivity index (χ2n) is 26.9. The maximum atomic E-state index is 13.8. The van der Waals surface area contributed by atoms with Crippen LogP contribution in [0.15, 0.2) is 70.5 Å². The van der Waals surface area contributed by atoms with E-state index >= 15 is 0 Å². The van der Waals surface area contributed by atoms with Crippen molar-refractivity contribution in [3.8, 4) is 0 Å². The third kappa shape index (κ3) is 17.4. The monoisotopic (exact) mass is 1580 g/mol. The second kappa shape index (κ2) is 35.0. The number of nitrogens with zero attached hydrogens (tertiary/aromatic N) is 1. The van der Waals surface area contributed by atoms with Crippen LogP contribution in [0.3, 0.4) is 0 Å². The molecule has 20 N–H and O–H groups in total. The van der Waals surface area contributed by atoms with Crippen molar-refractivity contribution in [2.45, 2.75) is 232 Å². The summed E-state index contributed by atoms with van der Waals surface area (Å²) < 4.78 is 150. The first-order chi connectivity index (χ1) is 50.8. The molecular formula is C63H90N2O40S2. The Balaban J connectivity index is 0.891. The van der Waals surface area contributed by atoms with E-state index in [1.807, 2.05) is 0 Å². The molecule has 21 aliphatic rings. The first-order valence-electron chi connectivity index (χ1n) is 33.8. The first-order valence-corrected chi connectivity index (χ1v) is 36.7. The number of hydrogen-bond acceptors (Lipinski definition) is 41. The van der Waals surface area contributed by atoms with Crippen molar-refractivity contribution in [1.29, 1.82) is 0 Å². The predicted octanol–water partition coefficient (Wildman–Crippen LogP) is -11.8. The molecule has 3 aromatic rings. The van der Waals surface area contributed by atoms with Crippen LogP contribution < -0.4 is 9.62 Å². The lowest BCUT2D eigenvalue weighted by molar-refractivity contribution is -0.396. The number of aliphatic hydroxyl groups is 19. The highest BCUT2D eigenvalue weighted by molar-refractivity contribution is 7.89. The molecule has 3 aromatic carbocycles. The van der Waals surface area contributed by atoms with Gasteiger partial charge in [-0.25, -0.2) is 8.42 Å². The van der Waals surface area contributed by atoms with Gasteiger partial charge >= 0.3 is 5.97 Å². The maximum Gasteiger partial charge on any atom is 0.321 e. The summed E-state index contributed by atoms with van der Waals surface area (Å²) in [5, 5.41) is 218. The van der Waals surface area contributed by atoms with E-state index in [0.717, 1.165) is 0 Å². The van der Waals surface area contributed by atoms with Crippen LogP contribution in [0.25, 0.3) is 10.8 Å². The fourth-order valence-electron chi connectivity index (χ4n) is 13.7. The van der Waals surface area contributed by atoms with Crippen LogP contribution in [-0.4, -0.2) is 402 Å². The molecule has 21 heterocycles. The van der Waals surface area contributed by atoms with E-state index < -0.39 is 299 Å². The van der Waals surface area contributed by atoms with E-state index in [4.69, 9.17) is 75.2 Å². The van der Waals surface area contributed by atoms with Crippen molar-refractivity contribution in [2.75, 3.05) is 71.8 Å². The van der Waals surface area contributed by atoms with Crippen molar-refractivity contribution in [2.24, 2.45) is 0 Å². The Hall–Kier alpha value is -4.31. The summed E-state index contributed by atoms with van der Waals surface area (Å²) in [5.41, 5.74) is 1.30. The van der Waals surface area contributed by atoms with Crippen LogP contribution >= 0.6 is 0 Å². The molecule has 0 aromatic heterocycles. The Kier molecular flexibility index (Phi) is 27.3. The minimum Gasteiger partial charge on any atom is -0.462 e. The predicted molar refractivity (Wildman–Crippen MR) is 343 cm³/mol. The number of aliphatic hydroxyl groups excluding tert-OH is 19. The number of aryl methyl sites for hydroxylation is 1. The van der Waals surface area contributed by atoms with Crippen molar-refractivity contribution in [1.82, 2.24) is 4.72 Å². The number of ether oxygens (including phenoxy) is 15. The van der Waals surface area contributed by atoms with Crippen LogP contribution in [0.4, 0.5) is 5.69 Å². The van der Waals surface area contributed by atoms with E-state index in [1.165, 1.54) is 42.5 Å². The summed E-state index contributed by atoms with van der Waals surface area (Å²) in [5.74, 6) is -1.33. The Morgan fingerprint density at radius 1 is 0.383 bits per heavy atom. The van der Waals surface area contributed by atoms with Gasteiger partial charge in [-0.2, -0.15) is 13.1 Å². The molecule has 107 heavy (non-hydrogen) atoms. The summed E-state index contributed by atoms with van der Waals surface area (Å²) in [7, 11) is -5.81. The fraction of sp³-hybridized carbons (Fsp3) is 0.730. The van der Waals surface area contributed by atoms with Gasteiger partial charge in [0.05, 0.1) is 49.4 Å². The molecule has 21 fully saturated rings. The van der Waals surface area contributed by atoms with Crippen molar-refractivity contribution >= 4 is 42.6 Å². The number of hydrogen-bond donors (Lipinski definition) is 20. The molecule has 0 aliphatic carbocycles. The van der Waals surface area contributed by atoms with Gasteiger partial charge in [-0.1, -0.05) is 42.0 Å². The number of rotatable bonds is 16. The molecule has 35 atom stereocenters. The maximum absolute atomic E-state index is 13.8. The number of carbonyl (C=O) groups excluding carboxylic acids is 1. The fourth-order valence-corrected chi connectivity index (χ4v) is 15.8. The van der Waals surface area contributed by atoms with Gasteiger partial charge in [0, 0.05) is 30.6 Å². The average Bonchev–Trinajstić information content (AvgIpc) is 0.799. The number of nitrogens with one attached hydrogen (secondary N) is 1. The highest BCUT2D eigenvalue weighted by atomic mass is 32.2. The molecule has 24 rings (SSSR count). The molecule has 604 valence electrons. The summed E-state index contributed by atoms with van der Waals surface area (Å²) in [6, 6.07) is 14.6. The van der Waals surface area contributed by atoms with Crippen molar-refractivity contribution in [3.63, 3.8) is 0 Å². The van der Waals surface area contributed by atoms with Crippen LogP contribution in [-0.2, 0) is 100 Å². The highest BCUT2D eigenvalue weighted by Gasteiger charge is 2.60. The number of esters is 1. The molecule has 21 aliphatic heterocycles. The topological polar surface area (TPSA) is 633 Å². The lowest BCUT2D eigenvalue weighted by Gasteiger charge is -2.50. The lowest BCUT2D eigenvalue weighted by Crippen LogP contribution is -2.68. The van der Waals surface area contributed by atoms with Gasteiger partial charge in [0.25, 0.3) is 10.1 Å². The van der Waals surface area contributed by atoms with Crippen molar-refractivity contribution < 1.29 is 194 Å². The SMILES string of the molecule is Cc1ccc(S(=O)(=O)OC[C@H]2O[C@@H]3O[C@H]4[C@H](O)[C@@H](O)[C@@H](O[C@H]5[C@H](O)[C@@H](O)[C@@H](O[C@H]6[C@H](O)[C@@H](O)[C@@H](O[C@H]7[C@H](O)[C@@H](O)[C@@H](O[C@H]8[C@H](O)[C@@H](O)[C@@H](O[C@H]9[C@H](O)[C@@H](O)[C@@H](O[C@H]2[C@H](O)[C@H]3O)O[C@@H]9CO)O[C@@H]8CO)O[C@@H]7CO)O[C@@H]6COC(=O)CNS(=O)(=O)c2cccc3c(N(C)C)cccc23)O[C@@H]5CO)O[C@@H]4CO)cc1. The third-order valence-corrected chi connectivity index (χ3v) is 22.3. The first kappa shape index (κ1) is 83.6. The van der Waals surface area contributed by atoms with Gasteiger partial charge in [0.1, 0.15) is 184 Å². The molecule has 0 unspecified atom stereocenters. The Labute approximate surface area is 608 Å². The Morgan fingerprint density at radius 2 is 0.673 bits per heavy atom. The lowest BCUT2D eigenvalue weighted by atomic mass is 9.95. The van der Waals surface area contributed by atoms with Gasteiger partial charge in [0.2, 0.25) is 10.0 Å². The minimum absolute atomic E-state index is 0.237. The highest BCUT2D eigenvalue weighted by Crippen LogP contribution is 2.40. The van der Waals surface area contributed by atoms with Gasteiger partial charge in [0.15, 0.2) is 44.0 Å². The average molecular weight is 1580 g/mol. The third-order valence-electron chi connectivity index (χ3n) is 19.6. The van der Waals surface area contributed by atoms with Crippen LogP contribution in [0.2, 0.25) is 0 Å².